The first-order valence-corrected chi connectivity index (χ1v) is 6.96. The Balaban J connectivity index is 2.33. The number of nitriles is 2. The van der Waals surface area contributed by atoms with Crippen molar-refractivity contribution in [1.29, 1.82) is 10.5 Å². The third-order valence-electron chi connectivity index (χ3n) is 2.47. The van der Waals surface area contributed by atoms with Crippen molar-refractivity contribution in [1.82, 2.24) is 4.98 Å². The van der Waals surface area contributed by atoms with Gasteiger partial charge >= 0.3 is 0 Å². The largest absolute Gasteiger partial charge is 0.276 e. The predicted molar refractivity (Wildman–Crippen MR) is 83.7 cm³/mol. The van der Waals surface area contributed by atoms with Crippen LogP contribution in [0.4, 0.5) is 11.4 Å². The van der Waals surface area contributed by atoms with Gasteiger partial charge in [0.25, 0.3) is 5.69 Å². The molecule has 0 aliphatic carbocycles. The molecule has 0 unspecified atom stereocenters. The molecule has 112 valence electrons. The van der Waals surface area contributed by atoms with Gasteiger partial charge in [0.2, 0.25) is 5.71 Å². The molecule has 1 aromatic carbocycles. The van der Waals surface area contributed by atoms with Crippen LogP contribution >= 0.6 is 11.8 Å². The number of nitrogens with zero attached hydrogens (tertiary/aromatic N) is 5. The molecule has 8 nitrogen and oxygen atoms in total. The second kappa shape index (κ2) is 7.54. The number of hydrogen-bond donors (Lipinski definition) is 1. The SMILES string of the molecule is N#CC(C#N)=NNc1cc(Sc2ccccn2)cc([N+](=O)[O-])c1. The molecular formula is C14H8N6O2S. The smallest absolute Gasteiger partial charge is 0.272 e. The molecule has 0 fully saturated rings. The molecule has 0 saturated carbocycles. The van der Waals surface area contributed by atoms with Crippen LogP contribution in [0.3, 0.4) is 0 Å². The molecule has 0 radical (unpaired) electrons. The summed E-state index contributed by atoms with van der Waals surface area (Å²) in [7, 11) is 0. The van der Waals surface area contributed by atoms with E-state index in [4.69, 9.17) is 10.5 Å². The molecule has 1 heterocycles. The minimum absolute atomic E-state index is 0.140. The van der Waals surface area contributed by atoms with Crippen LogP contribution in [0.2, 0.25) is 0 Å². The third-order valence-corrected chi connectivity index (χ3v) is 3.39. The topological polar surface area (TPSA) is 128 Å². The number of nitro groups is 1. The average Bonchev–Trinajstić information content (AvgIpc) is 2.56. The van der Waals surface area contributed by atoms with Crippen LogP contribution in [0.5, 0.6) is 0 Å². The highest BCUT2D eigenvalue weighted by molar-refractivity contribution is 7.99. The lowest BCUT2D eigenvalue weighted by Gasteiger charge is -2.05. The fourth-order valence-corrected chi connectivity index (χ4v) is 2.40. The maximum Gasteiger partial charge on any atom is 0.272 e. The van der Waals surface area contributed by atoms with E-state index < -0.39 is 4.92 Å². The van der Waals surface area contributed by atoms with Gasteiger partial charge < -0.3 is 0 Å². The molecule has 0 bridgehead atoms. The van der Waals surface area contributed by atoms with Gasteiger partial charge in [0, 0.05) is 23.2 Å². The summed E-state index contributed by atoms with van der Waals surface area (Å²) < 4.78 is 0. The summed E-state index contributed by atoms with van der Waals surface area (Å²) in [5.74, 6) is 0. The van der Waals surface area contributed by atoms with E-state index in [0.717, 1.165) is 0 Å². The Morgan fingerprint density at radius 3 is 2.70 bits per heavy atom. The van der Waals surface area contributed by atoms with E-state index in [9.17, 15) is 10.1 Å². The van der Waals surface area contributed by atoms with Crippen molar-refractivity contribution < 1.29 is 4.92 Å². The van der Waals surface area contributed by atoms with Crippen LogP contribution in [0, 0.1) is 32.8 Å². The third kappa shape index (κ3) is 4.52. The first-order chi connectivity index (χ1) is 11.1. The van der Waals surface area contributed by atoms with Gasteiger partial charge in [-0.05, 0) is 18.2 Å². The molecule has 0 amide bonds. The summed E-state index contributed by atoms with van der Waals surface area (Å²) in [6, 6.07) is 12.8. The Bertz CT molecular complexity index is 823. The van der Waals surface area contributed by atoms with Gasteiger partial charge in [-0.3, -0.25) is 15.5 Å². The molecular weight excluding hydrogens is 316 g/mol. The quantitative estimate of drug-likeness (QED) is 0.508. The lowest BCUT2D eigenvalue weighted by Crippen LogP contribution is -1.98. The number of hydrazone groups is 1. The van der Waals surface area contributed by atoms with Crippen molar-refractivity contribution in [2.75, 3.05) is 5.43 Å². The molecule has 9 heteroatoms. The van der Waals surface area contributed by atoms with Crippen molar-refractivity contribution in [3.63, 3.8) is 0 Å². The Kier molecular flexibility index (Phi) is 5.23. The van der Waals surface area contributed by atoms with E-state index in [1.807, 2.05) is 6.07 Å². The summed E-state index contributed by atoms with van der Waals surface area (Å²) in [4.78, 5) is 15.2. The average molecular weight is 324 g/mol. The zero-order chi connectivity index (χ0) is 16.7. The predicted octanol–water partition coefficient (Wildman–Crippen LogP) is 2.96. The van der Waals surface area contributed by atoms with Crippen LogP contribution in [0.25, 0.3) is 0 Å². The van der Waals surface area contributed by atoms with Gasteiger partial charge in [-0.25, -0.2) is 4.98 Å². The number of nitro benzene ring substituents is 1. The normalized spacial score (nSPS) is 9.30. The van der Waals surface area contributed by atoms with E-state index in [1.54, 1.807) is 36.5 Å². The maximum atomic E-state index is 11.0. The number of benzene rings is 1. The lowest BCUT2D eigenvalue weighted by atomic mass is 10.3. The second-order valence-electron chi connectivity index (χ2n) is 4.04. The number of anilines is 1. The standard InChI is InChI=1S/C14H8N6O2S/c15-8-11(9-16)19-18-10-5-12(20(21)22)7-13(6-10)23-14-3-1-2-4-17-14/h1-7,18H. The number of aromatic nitrogens is 1. The van der Waals surface area contributed by atoms with E-state index >= 15 is 0 Å². The summed E-state index contributed by atoms with van der Waals surface area (Å²) in [6.45, 7) is 0. The minimum atomic E-state index is -0.535. The fraction of sp³-hybridized carbons (Fsp3) is 0. The van der Waals surface area contributed by atoms with E-state index in [2.05, 4.69) is 15.5 Å². The van der Waals surface area contributed by atoms with Crippen molar-refractivity contribution in [3.05, 3.63) is 52.7 Å². The number of rotatable bonds is 5. The molecule has 0 aliphatic rings. The van der Waals surface area contributed by atoms with Crippen molar-refractivity contribution >= 4 is 28.8 Å². The molecule has 0 aliphatic heterocycles. The number of non-ortho nitro benzene ring substituents is 1. The highest BCUT2D eigenvalue weighted by atomic mass is 32.2. The van der Waals surface area contributed by atoms with Gasteiger partial charge in [0.15, 0.2) is 0 Å². The van der Waals surface area contributed by atoms with Crippen molar-refractivity contribution in [3.8, 4) is 12.1 Å². The molecule has 1 aromatic heterocycles. The molecule has 0 spiro atoms. The summed E-state index contributed by atoms with van der Waals surface area (Å²) in [5.41, 5.74) is 2.25. The number of hydrogen-bond acceptors (Lipinski definition) is 8. The van der Waals surface area contributed by atoms with E-state index in [0.29, 0.717) is 15.6 Å². The lowest BCUT2D eigenvalue weighted by molar-refractivity contribution is -0.385. The number of pyridine rings is 1. The zero-order valence-corrected chi connectivity index (χ0v) is 12.3. The van der Waals surface area contributed by atoms with Gasteiger partial charge in [-0.2, -0.15) is 15.6 Å². The first-order valence-electron chi connectivity index (χ1n) is 6.14. The monoisotopic (exact) mass is 324 g/mol. The van der Waals surface area contributed by atoms with Gasteiger partial charge in [0.05, 0.1) is 10.6 Å². The van der Waals surface area contributed by atoms with Gasteiger partial charge in [-0.1, -0.05) is 17.8 Å². The molecule has 23 heavy (non-hydrogen) atoms. The van der Waals surface area contributed by atoms with E-state index in [-0.39, 0.29) is 11.4 Å². The Hall–Kier alpha value is -3.43. The maximum absolute atomic E-state index is 11.0. The van der Waals surface area contributed by atoms with Crippen LogP contribution in [-0.2, 0) is 0 Å². The summed E-state index contributed by atoms with van der Waals surface area (Å²) in [5, 5.41) is 32.5. The molecule has 0 atom stereocenters. The van der Waals surface area contributed by atoms with Crippen molar-refractivity contribution in [2.24, 2.45) is 5.10 Å². The van der Waals surface area contributed by atoms with Crippen molar-refractivity contribution in [2.45, 2.75) is 9.92 Å². The Labute approximate surface area is 135 Å². The Morgan fingerprint density at radius 2 is 2.09 bits per heavy atom. The molecule has 1 N–H and O–H groups in total. The number of nitrogens with one attached hydrogen (secondary N) is 1. The van der Waals surface area contributed by atoms with Crippen LogP contribution in [0.15, 0.2) is 57.6 Å². The highest BCUT2D eigenvalue weighted by Gasteiger charge is 2.11. The molecule has 2 rings (SSSR count). The van der Waals surface area contributed by atoms with Crippen LogP contribution in [-0.4, -0.2) is 15.6 Å². The fourth-order valence-electron chi connectivity index (χ4n) is 1.54. The summed E-state index contributed by atoms with van der Waals surface area (Å²) in [6.07, 6.45) is 1.62. The van der Waals surface area contributed by atoms with Crippen LogP contribution in [0.1, 0.15) is 0 Å². The second-order valence-corrected chi connectivity index (χ2v) is 5.13. The van der Waals surface area contributed by atoms with Crippen LogP contribution < -0.4 is 5.43 Å². The van der Waals surface area contributed by atoms with Gasteiger partial charge in [0.1, 0.15) is 17.2 Å². The highest BCUT2D eigenvalue weighted by Crippen LogP contribution is 2.31. The Morgan fingerprint density at radius 1 is 1.30 bits per heavy atom. The minimum Gasteiger partial charge on any atom is -0.276 e. The van der Waals surface area contributed by atoms with E-state index in [1.165, 1.54) is 23.9 Å². The molecule has 0 saturated heterocycles. The summed E-state index contributed by atoms with van der Waals surface area (Å²) >= 11 is 1.25. The zero-order valence-electron chi connectivity index (χ0n) is 11.5. The first kappa shape index (κ1) is 15.9. The van der Waals surface area contributed by atoms with Gasteiger partial charge in [-0.15, -0.1) is 0 Å². The molecule has 2 aromatic rings.